The maximum absolute atomic E-state index is 9.02. The largest absolute Gasteiger partial charge is 0.389 e. The minimum Gasteiger partial charge on any atom is -0.389 e. The Balaban J connectivity index is 0.000000356. The molecule has 0 radical (unpaired) electrons. The van der Waals surface area contributed by atoms with Crippen molar-refractivity contribution in [2.45, 2.75) is 46.0 Å². The molecule has 2 aromatic rings. The Labute approximate surface area is 157 Å². The molecule has 26 heavy (non-hydrogen) atoms. The number of aliphatic hydroxyl groups is 1. The summed E-state index contributed by atoms with van der Waals surface area (Å²) in [4.78, 5) is 4.14. The van der Waals surface area contributed by atoms with E-state index in [1.807, 2.05) is 67.6 Å². The Morgan fingerprint density at radius 1 is 1.04 bits per heavy atom. The van der Waals surface area contributed by atoms with Crippen molar-refractivity contribution in [1.29, 1.82) is 0 Å². The van der Waals surface area contributed by atoms with Gasteiger partial charge in [0.2, 0.25) is 0 Å². The van der Waals surface area contributed by atoms with E-state index in [0.717, 1.165) is 17.7 Å². The molecule has 3 rings (SSSR count). The van der Waals surface area contributed by atoms with Gasteiger partial charge in [-0.1, -0.05) is 66.7 Å². The summed E-state index contributed by atoms with van der Waals surface area (Å²) >= 11 is 0. The zero-order valence-corrected chi connectivity index (χ0v) is 16.2. The molecule has 0 aromatic heterocycles. The van der Waals surface area contributed by atoms with E-state index in [4.69, 9.17) is 15.1 Å². The van der Waals surface area contributed by atoms with E-state index in [1.54, 1.807) is 19.9 Å². The predicted molar refractivity (Wildman–Crippen MR) is 107 cm³/mol. The first-order chi connectivity index (χ1) is 12.5. The normalized spacial score (nSPS) is 16.2. The quantitative estimate of drug-likeness (QED) is 0.325. The van der Waals surface area contributed by atoms with E-state index in [-0.39, 0.29) is 12.2 Å². The lowest BCUT2D eigenvalue weighted by molar-refractivity contribution is -0.277. The van der Waals surface area contributed by atoms with Gasteiger partial charge in [-0.05, 0) is 38.8 Å². The second-order valence-corrected chi connectivity index (χ2v) is 5.80. The van der Waals surface area contributed by atoms with Gasteiger partial charge in [0, 0.05) is 0 Å². The van der Waals surface area contributed by atoms with Crippen LogP contribution in [0.15, 0.2) is 73.3 Å². The van der Waals surface area contributed by atoms with Gasteiger partial charge in [-0.25, -0.2) is 4.89 Å². The zero-order valence-electron chi connectivity index (χ0n) is 16.2. The van der Waals surface area contributed by atoms with Crippen LogP contribution in [-0.4, -0.2) is 23.1 Å². The molecule has 3 atom stereocenters. The lowest BCUT2D eigenvalue weighted by Crippen LogP contribution is -1.94. The van der Waals surface area contributed by atoms with Crippen molar-refractivity contribution in [3.8, 4) is 0 Å². The molecule has 0 aliphatic carbocycles. The SMILES string of the molecule is C=CC.CC(O)c1ccccc1.CC(OO)c1ccccc1.CC1CO1. The Morgan fingerprint density at radius 2 is 1.38 bits per heavy atom. The van der Waals surface area contributed by atoms with Crippen molar-refractivity contribution in [3.05, 3.63) is 84.4 Å². The minimum absolute atomic E-state index is 0.235. The summed E-state index contributed by atoms with van der Waals surface area (Å²) in [5.41, 5.74) is 1.95. The van der Waals surface area contributed by atoms with Crippen molar-refractivity contribution in [1.82, 2.24) is 0 Å². The smallest absolute Gasteiger partial charge is 0.115 e. The summed E-state index contributed by atoms with van der Waals surface area (Å²) in [5, 5.41) is 17.3. The number of hydrogen-bond acceptors (Lipinski definition) is 4. The van der Waals surface area contributed by atoms with E-state index >= 15 is 0 Å². The molecule has 0 saturated carbocycles. The average molecular weight is 360 g/mol. The van der Waals surface area contributed by atoms with Gasteiger partial charge >= 0.3 is 0 Å². The van der Waals surface area contributed by atoms with Crippen molar-refractivity contribution in [2.24, 2.45) is 0 Å². The van der Waals surface area contributed by atoms with Gasteiger partial charge in [0.1, 0.15) is 6.10 Å². The van der Waals surface area contributed by atoms with Crippen LogP contribution in [0.1, 0.15) is 51.0 Å². The van der Waals surface area contributed by atoms with Gasteiger partial charge < -0.3 is 9.84 Å². The van der Waals surface area contributed by atoms with Gasteiger partial charge in [0.05, 0.1) is 18.8 Å². The molecule has 1 saturated heterocycles. The summed E-state index contributed by atoms with van der Waals surface area (Å²) in [7, 11) is 0. The van der Waals surface area contributed by atoms with Gasteiger partial charge in [-0.15, -0.1) is 6.58 Å². The molecular weight excluding hydrogens is 328 g/mol. The monoisotopic (exact) mass is 360 g/mol. The summed E-state index contributed by atoms with van der Waals surface area (Å²) < 4.78 is 4.71. The molecule has 144 valence electrons. The number of ether oxygens (including phenoxy) is 1. The van der Waals surface area contributed by atoms with Crippen LogP contribution >= 0.6 is 0 Å². The fourth-order valence-corrected chi connectivity index (χ4v) is 1.61. The molecule has 1 aliphatic rings. The van der Waals surface area contributed by atoms with Crippen LogP contribution in [0.5, 0.6) is 0 Å². The highest BCUT2D eigenvalue weighted by Gasteiger charge is 2.13. The third kappa shape index (κ3) is 13.3. The molecular formula is C22H32O4. The molecule has 2 aromatic carbocycles. The molecule has 4 heteroatoms. The fourth-order valence-electron chi connectivity index (χ4n) is 1.61. The van der Waals surface area contributed by atoms with E-state index in [2.05, 4.69) is 18.4 Å². The summed E-state index contributed by atoms with van der Waals surface area (Å²) in [6.45, 7) is 11.8. The lowest BCUT2D eigenvalue weighted by atomic mass is 10.1. The molecule has 0 amide bonds. The maximum Gasteiger partial charge on any atom is 0.115 e. The number of aliphatic hydroxyl groups excluding tert-OH is 1. The standard InChI is InChI=1S/C8H10O2.C8H10O.C3H6O.C3H6/c1-7(10-9)8-5-3-2-4-6-8;1-7(9)8-5-3-2-4-6-8;1-3-2-4-3;1-3-2/h2-7,9H,1H3;2-7,9H,1H3;3H,2H2,1H3;3H,1H2,2H3. The molecule has 1 aliphatic heterocycles. The first-order valence-corrected chi connectivity index (χ1v) is 8.73. The van der Waals surface area contributed by atoms with Crippen LogP contribution in [0.3, 0.4) is 0 Å². The van der Waals surface area contributed by atoms with Crippen molar-refractivity contribution >= 4 is 0 Å². The third-order valence-corrected chi connectivity index (χ3v) is 3.21. The van der Waals surface area contributed by atoms with Gasteiger partial charge in [0.15, 0.2) is 0 Å². The topological polar surface area (TPSA) is 62.2 Å². The Bertz CT molecular complexity index is 551. The molecule has 2 N–H and O–H groups in total. The highest BCUT2D eigenvalue weighted by atomic mass is 17.1. The minimum atomic E-state index is -0.341. The van der Waals surface area contributed by atoms with Crippen LogP contribution in [0.25, 0.3) is 0 Å². The average Bonchev–Trinajstić information content (AvgIpc) is 3.46. The van der Waals surface area contributed by atoms with Crippen LogP contribution in [0.4, 0.5) is 0 Å². The summed E-state index contributed by atoms with van der Waals surface area (Å²) in [6, 6.07) is 19.1. The number of allylic oxidation sites excluding steroid dienone is 1. The van der Waals surface area contributed by atoms with Gasteiger partial charge in [-0.3, -0.25) is 5.26 Å². The molecule has 0 spiro atoms. The summed E-state index contributed by atoms with van der Waals surface area (Å²) in [6.07, 6.45) is 1.76. The predicted octanol–water partition coefficient (Wildman–Crippen LogP) is 5.57. The van der Waals surface area contributed by atoms with Gasteiger partial charge in [-0.2, -0.15) is 0 Å². The number of hydrogen-bond donors (Lipinski definition) is 2. The summed E-state index contributed by atoms with van der Waals surface area (Å²) in [5.74, 6) is 0. The number of benzene rings is 2. The number of rotatable bonds is 3. The molecule has 1 fully saturated rings. The van der Waals surface area contributed by atoms with Crippen molar-refractivity contribution in [2.75, 3.05) is 6.61 Å². The molecule has 4 nitrogen and oxygen atoms in total. The van der Waals surface area contributed by atoms with Gasteiger partial charge in [0.25, 0.3) is 0 Å². The van der Waals surface area contributed by atoms with Crippen LogP contribution < -0.4 is 0 Å². The van der Waals surface area contributed by atoms with Crippen LogP contribution in [0.2, 0.25) is 0 Å². The van der Waals surface area contributed by atoms with Crippen molar-refractivity contribution < 1.29 is 20.0 Å². The molecule has 0 bridgehead atoms. The Kier molecular flexibility index (Phi) is 14.1. The first kappa shape index (κ1) is 24.0. The van der Waals surface area contributed by atoms with E-state index < -0.39 is 0 Å². The van der Waals surface area contributed by atoms with Crippen LogP contribution in [-0.2, 0) is 9.62 Å². The first-order valence-electron chi connectivity index (χ1n) is 8.73. The number of epoxide rings is 1. The lowest BCUT2D eigenvalue weighted by Gasteiger charge is -2.05. The second-order valence-electron chi connectivity index (χ2n) is 5.80. The Morgan fingerprint density at radius 3 is 1.62 bits per heavy atom. The molecule has 1 heterocycles. The fraction of sp³-hybridized carbons (Fsp3) is 0.364. The maximum atomic E-state index is 9.02. The Hall–Kier alpha value is -1.98. The molecule has 3 unspecified atom stereocenters. The van der Waals surface area contributed by atoms with Crippen LogP contribution in [0, 0.1) is 0 Å². The van der Waals surface area contributed by atoms with E-state index in [9.17, 15) is 0 Å². The van der Waals surface area contributed by atoms with E-state index in [1.165, 1.54) is 0 Å². The van der Waals surface area contributed by atoms with E-state index in [0.29, 0.717) is 6.10 Å². The zero-order chi connectivity index (χ0) is 19.8. The highest BCUT2D eigenvalue weighted by Crippen LogP contribution is 2.13. The second kappa shape index (κ2) is 15.3. The highest BCUT2D eigenvalue weighted by molar-refractivity contribution is 5.17. The third-order valence-electron chi connectivity index (χ3n) is 3.21. The van der Waals surface area contributed by atoms with Crippen molar-refractivity contribution in [3.63, 3.8) is 0 Å².